The summed E-state index contributed by atoms with van der Waals surface area (Å²) >= 11 is 0. The molecule has 0 aliphatic carbocycles. The van der Waals surface area contributed by atoms with Crippen molar-refractivity contribution in [2.45, 2.75) is 31.8 Å². The molecule has 0 spiro atoms. The zero-order chi connectivity index (χ0) is 14.9. The first kappa shape index (κ1) is 14.0. The molecule has 1 aliphatic heterocycles. The summed E-state index contributed by atoms with van der Waals surface area (Å²) in [5, 5.41) is 10.5. The van der Waals surface area contributed by atoms with E-state index in [-0.39, 0.29) is 0 Å². The maximum Gasteiger partial charge on any atom is 0.141 e. The van der Waals surface area contributed by atoms with Crippen molar-refractivity contribution in [2.75, 3.05) is 6.61 Å². The van der Waals surface area contributed by atoms with Crippen LogP contribution in [-0.4, -0.2) is 16.7 Å². The quantitative estimate of drug-likeness (QED) is 0.940. The minimum atomic E-state index is -1.09. The normalized spacial score (nSPS) is 16.1. The number of halogens is 1. The molecule has 0 saturated carbocycles. The van der Waals surface area contributed by atoms with Gasteiger partial charge in [0.1, 0.15) is 11.6 Å². The van der Waals surface area contributed by atoms with Crippen LogP contribution >= 0.6 is 0 Å². The lowest BCUT2D eigenvalue weighted by Crippen LogP contribution is -2.22. The molecule has 2 heterocycles. The minimum Gasteiger partial charge on any atom is -0.493 e. The van der Waals surface area contributed by atoms with Crippen molar-refractivity contribution in [1.29, 1.82) is 0 Å². The molecular formula is C17H18FNO2. The van der Waals surface area contributed by atoms with Crippen molar-refractivity contribution < 1.29 is 14.2 Å². The molecule has 2 aromatic rings. The van der Waals surface area contributed by atoms with Crippen molar-refractivity contribution in [3.8, 4) is 5.75 Å². The molecule has 0 fully saturated rings. The van der Waals surface area contributed by atoms with Gasteiger partial charge in [0.2, 0.25) is 0 Å². The van der Waals surface area contributed by atoms with E-state index in [9.17, 15) is 9.50 Å². The predicted molar refractivity (Wildman–Crippen MR) is 77.7 cm³/mol. The standard InChI is InChI=1S/C17H18FNO2/c1-17(20,14-9-15(18)11-19-10-14)6-4-12-2-3-16-13(8-12)5-7-21-16/h2-3,8-11,20H,4-7H2,1H3. The molecule has 0 saturated heterocycles. The second-order valence-electron chi connectivity index (χ2n) is 5.71. The number of aliphatic hydroxyl groups is 1. The zero-order valence-corrected chi connectivity index (χ0v) is 12.0. The minimum absolute atomic E-state index is 0.428. The maximum atomic E-state index is 13.2. The van der Waals surface area contributed by atoms with Crippen LogP contribution in [0.25, 0.3) is 0 Å². The molecule has 1 aromatic heterocycles. The summed E-state index contributed by atoms with van der Waals surface area (Å²) in [4.78, 5) is 3.80. The van der Waals surface area contributed by atoms with E-state index in [0.29, 0.717) is 12.0 Å². The number of aryl methyl sites for hydroxylation is 1. The van der Waals surface area contributed by atoms with Crippen molar-refractivity contribution in [2.24, 2.45) is 0 Å². The molecular weight excluding hydrogens is 269 g/mol. The molecule has 21 heavy (non-hydrogen) atoms. The van der Waals surface area contributed by atoms with Crippen molar-refractivity contribution in [1.82, 2.24) is 4.98 Å². The number of rotatable bonds is 4. The highest BCUT2D eigenvalue weighted by atomic mass is 19.1. The van der Waals surface area contributed by atoms with Gasteiger partial charge >= 0.3 is 0 Å². The number of hydrogen-bond acceptors (Lipinski definition) is 3. The molecule has 4 heteroatoms. The molecule has 0 radical (unpaired) electrons. The van der Waals surface area contributed by atoms with Gasteiger partial charge in [-0.3, -0.25) is 4.98 Å². The highest BCUT2D eigenvalue weighted by molar-refractivity contribution is 5.40. The first-order valence-corrected chi connectivity index (χ1v) is 7.13. The second-order valence-corrected chi connectivity index (χ2v) is 5.71. The number of hydrogen-bond donors (Lipinski definition) is 1. The number of benzene rings is 1. The molecule has 1 atom stereocenters. The fourth-order valence-electron chi connectivity index (χ4n) is 2.63. The second kappa shape index (κ2) is 5.45. The van der Waals surface area contributed by atoms with E-state index < -0.39 is 11.4 Å². The van der Waals surface area contributed by atoms with E-state index in [4.69, 9.17) is 4.74 Å². The summed E-state index contributed by atoms with van der Waals surface area (Å²) in [6.07, 6.45) is 4.82. The molecule has 0 bridgehead atoms. The van der Waals surface area contributed by atoms with Crippen LogP contribution in [0.4, 0.5) is 4.39 Å². The lowest BCUT2D eigenvalue weighted by atomic mass is 9.90. The number of nitrogens with zero attached hydrogens (tertiary/aromatic N) is 1. The van der Waals surface area contributed by atoms with Crippen LogP contribution in [-0.2, 0) is 18.4 Å². The number of fused-ring (bicyclic) bond motifs is 1. The number of pyridine rings is 1. The Morgan fingerprint density at radius 3 is 3.00 bits per heavy atom. The lowest BCUT2D eigenvalue weighted by molar-refractivity contribution is 0.0473. The molecule has 1 unspecified atom stereocenters. The van der Waals surface area contributed by atoms with Crippen molar-refractivity contribution >= 4 is 0 Å². The van der Waals surface area contributed by atoms with Gasteiger partial charge in [0.15, 0.2) is 0 Å². The van der Waals surface area contributed by atoms with Crippen LogP contribution in [0.1, 0.15) is 30.0 Å². The number of aromatic nitrogens is 1. The average molecular weight is 287 g/mol. The van der Waals surface area contributed by atoms with Crippen LogP contribution in [0.5, 0.6) is 5.75 Å². The van der Waals surface area contributed by atoms with E-state index in [1.807, 2.05) is 12.1 Å². The summed E-state index contributed by atoms with van der Waals surface area (Å²) in [5.74, 6) is 0.530. The summed E-state index contributed by atoms with van der Waals surface area (Å²) in [7, 11) is 0. The van der Waals surface area contributed by atoms with Gasteiger partial charge in [-0.1, -0.05) is 12.1 Å². The van der Waals surface area contributed by atoms with Gasteiger partial charge in [0.25, 0.3) is 0 Å². The SMILES string of the molecule is CC(O)(CCc1ccc2c(c1)CCO2)c1cncc(F)c1. The van der Waals surface area contributed by atoms with Gasteiger partial charge in [0.05, 0.1) is 18.4 Å². The zero-order valence-electron chi connectivity index (χ0n) is 12.0. The first-order chi connectivity index (χ1) is 10.0. The Morgan fingerprint density at radius 1 is 1.33 bits per heavy atom. The summed E-state index contributed by atoms with van der Waals surface area (Å²) in [5.41, 5.74) is 1.79. The highest BCUT2D eigenvalue weighted by Crippen LogP contribution is 2.29. The maximum absolute atomic E-state index is 13.2. The van der Waals surface area contributed by atoms with E-state index in [2.05, 4.69) is 11.1 Å². The van der Waals surface area contributed by atoms with E-state index >= 15 is 0 Å². The van der Waals surface area contributed by atoms with Gasteiger partial charge in [-0.15, -0.1) is 0 Å². The van der Waals surface area contributed by atoms with Gasteiger partial charge in [0, 0.05) is 18.2 Å². The van der Waals surface area contributed by atoms with Gasteiger partial charge < -0.3 is 9.84 Å². The summed E-state index contributed by atoms with van der Waals surface area (Å²) in [6.45, 7) is 2.44. The Labute approximate surface area is 123 Å². The van der Waals surface area contributed by atoms with Gasteiger partial charge in [-0.25, -0.2) is 4.39 Å². The highest BCUT2D eigenvalue weighted by Gasteiger charge is 2.24. The first-order valence-electron chi connectivity index (χ1n) is 7.13. The fraction of sp³-hybridized carbons (Fsp3) is 0.353. The van der Waals surface area contributed by atoms with E-state index in [1.54, 1.807) is 6.92 Å². The monoisotopic (exact) mass is 287 g/mol. The number of ether oxygens (including phenoxy) is 1. The lowest BCUT2D eigenvalue weighted by Gasteiger charge is -2.23. The van der Waals surface area contributed by atoms with Crippen LogP contribution in [0.2, 0.25) is 0 Å². The predicted octanol–water partition coefficient (Wildman–Crippen LogP) is 3.00. The molecule has 1 aliphatic rings. The van der Waals surface area contributed by atoms with Gasteiger partial charge in [-0.2, -0.15) is 0 Å². The molecule has 1 N–H and O–H groups in total. The Bertz CT molecular complexity index is 655. The Hall–Kier alpha value is -1.94. The largest absolute Gasteiger partial charge is 0.493 e. The van der Waals surface area contributed by atoms with E-state index in [0.717, 1.165) is 37.0 Å². The third kappa shape index (κ3) is 3.05. The summed E-state index contributed by atoms with van der Waals surface area (Å²) in [6, 6.07) is 7.46. The Kier molecular flexibility index (Phi) is 3.64. The summed E-state index contributed by atoms with van der Waals surface area (Å²) < 4.78 is 18.7. The third-order valence-electron chi connectivity index (χ3n) is 3.98. The fourth-order valence-corrected chi connectivity index (χ4v) is 2.63. The Balaban J connectivity index is 1.71. The van der Waals surface area contributed by atoms with Crippen molar-refractivity contribution in [3.05, 3.63) is 59.2 Å². The topological polar surface area (TPSA) is 42.4 Å². The van der Waals surface area contributed by atoms with Crippen molar-refractivity contribution in [3.63, 3.8) is 0 Å². The molecule has 3 nitrogen and oxygen atoms in total. The van der Waals surface area contributed by atoms with Crippen LogP contribution in [0.3, 0.4) is 0 Å². The molecule has 1 aromatic carbocycles. The van der Waals surface area contributed by atoms with Gasteiger partial charge in [-0.05, 0) is 43.0 Å². The average Bonchev–Trinajstić information content (AvgIpc) is 2.93. The molecule has 0 amide bonds. The Morgan fingerprint density at radius 2 is 2.19 bits per heavy atom. The van der Waals surface area contributed by atoms with Crippen LogP contribution in [0.15, 0.2) is 36.7 Å². The van der Waals surface area contributed by atoms with E-state index in [1.165, 1.54) is 17.8 Å². The third-order valence-corrected chi connectivity index (χ3v) is 3.98. The molecule has 3 rings (SSSR count). The van der Waals surface area contributed by atoms with Crippen LogP contribution < -0.4 is 4.74 Å². The molecule has 110 valence electrons. The van der Waals surface area contributed by atoms with Crippen LogP contribution in [0, 0.1) is 5.82 Å². The smallest absolute Gasteiger partial charge is 0.141 e.